The van der Waals surface area contributed by atoms with Gasteiger partial charge in [-0.2, -0.15) is 5.23 Å². The van der Waals surface area contributed by atoms with Crippen LogP contribution < -0.4 is 15.3 Å². The van der Waals surface area contributed by atoms with Gasteiger partial charge in [0.25, 0.3) is 0 Å². The highest BCUT2D eigenvalue weighted by Gasteiger charge is 2.31. The van der Waals surface area contributed by atoms with Crippen LogP contribution in [0.4, 0.5) is 5.69 Å². The van der Waals surface area contributed by atoms with Gasteiger partial charge >= 0.3 is 13.6 Å². The Kier molecular flexibility index (Phi) is 7.05. The first kappa shape index (κ1) is 20.3. The molecule has 2 rings (SSSR count). The third-order valence-corrected chi connectivity index (χ3v) is 5.46. The molecular formula is C17H20NO7P. The second kappa shape index (κ2) is 9.05. The number of hydrogen-bond donors (Lipinski definition) is 2. The second-order valence-corrected chi connectivity index (χ2v) is 7.07. The van der Waals surface area contributed by atoms with Crippen LogP contribution >= 0.6 is 7.60 Å². The van der Waals surface area contributed by atoms with E-state index in [0.717, 1.165) is 0 Å². The van der Waals surface area contributed by atoms with Gasteiger partial charge in [-0.25, -0.2) is 10.0 Å². The van der Waals surface area contributed by atoms with E-state index in [-0.39, 0.29) is 35.5 Å². The Morgan fingerprint density at radius 1 is 1.12 bits per heavy atom. The van der Waals surface area contributed by atoms with E-state index in [4.69, 9.17) is 19.0 Å². The molecule has 0 radical (unpaired) electrons. The molecule has 26 heavy (non-hydrogen) atoms. The summed E-state index contributed by atoms with van der Waals surface area (Å²) < 4.78 is 28.9. The van der Waals surface area contributed by atoms with E-state index < -0.39 is 18.8 Å². The first-order valence-electron chi connectivity index (χ1n) is 7.95. The first-order valence-corrected chi connectivity index (χ1v) is 9.49. The highest BCUT2D eigenvalue weighted by Crippen LogP contribution is 2.49. The van der Waals surface area contributed by atoms with Gasteiger partial charge in [0, 0.05) is 12.1 Å². The van der Waals surface area contributed by atoms with Crippen molar-refractivity contribution in [1.82, 2.24) is 0 Å². The SMILES string of the molecule is CCOP(=O)(OCC)c1ccccc1OC(=O)c1cccc([NH+]([O-])O)c1. The Hall–Kier alpha value is -2.06. The standard InChI is InChI=1S/C17H20NO7P/c1-3-23-26(22,24-4-2)16-11-6-5-10-15(16)25-17(19)13-8-7-9-14(12-13)18(20)21/h5-12,18,20H,3-4H2,1-2H3. The van der Waals surface area contributed by atoms with Gasteiger partial charge in [-0.05, 0) is 32.0 Å². The molecule has 0 bridgehead atoms. The molecule has 0 aliphatic rings. The molecule has 0 amide bonds. The molecule has 1 atom stereocenters. The lowest BCUT2D eigenvalue weighted by Crippen LogP contribution is -2.99. The van der Waals surface area contributed by atoms with Crippen molar-refractivity contribution < 1.29 is 33.6 Å². The molecule has 0 aromatic heterocycles. The van der Waals surface area contributed by atoms with Crippen LogP contribution in [0.3, 0.4) is 0 Å². The monoisotopic (exact) mass is 381 g/mol. The molecule has 0 spiro atoms. The molecule has 0 aliphatic heterocycles. The van der Waals surface area contributed by atoms with Crippen molar-refractivity contribution in [1.29, 1.82) is 0 Å². The van der Waals surface area contributed by atoms with Crippen molar-refractivity contribution in [2.24, 2.45) is 0 Å². The molecule has 0 fully saturated rings. The Morgan fingerprint density at radius 3 is 2.38 bits per heavy atom. The smallest absolute Gasteiger partial charge is 0.365 e. The number of esters is 1. The second-order valence-electron chi connectivity index (χ2n) is 5.08. The minimum Gasteiger partial charge on any atom is -0.595 e. The summed E-state index contributed by atoms with van der Waals surface area (Å²) in [5.74, 6) is -0.747. The summed E-state index contributed by atoms with van der Waals surface area (Å²) in [6.45, 7) is 3.66. The zero-order valence-corrected chi connectivity index (χ0v) is 15.3. The fourth-order valence-corrected chi connectivity index (χ4v) is 3.92. The molecule has 0 saturated carbocycles. The molecule has 2 aromatic carbocycles. The minimum atomic E-state index is -3.65. The van der Waals surface area contributed by atoms with Gasteiger partial charge in [-0.3, -0.25) is 4.57 Å². The average molecular weight is 381 g/mol. The summed E-state index contributed by atoms with van der Waals surface area (Å²) in [6, 6.07) is 11.7. The predicted octanol–water partition coefficient (Wildman–Crippen LogP) is 2.20. The maximum absolute atomic E-state index is 13.0. The topological polar surface area (TPSA) is 110 Å². The van der Waals surface area contributed by atoms with Crippen molar-refractivity contribution in [3.63, 3.8) is 0 Å². The lowest BCUT2D eigenvalue weighted by atomic mass is 10.2. The average Bonchev–Trinajstić information content (AvgIpc) is 2.62. The van der Waals surface area contributed by atoms with E-state index in [0.29, 0.717) is 0 Å². The summed E-state index contributed by atoms with van der Waals surface area (Å²) in [5, 5.41) is 19.0. The molecule has 0 aliphatic carbocycles. The number of benzene rings is 2. The third kappa shape index (κ3) is 4.76. The molecule has 2 aromatic rings. The number of para-hydroxylation sites is 1. The molecule has 1 unspecified atom stereocenters. The van der Waals surface area contributed by atoms with Gasteiger partial charge in [-0.15, -0.1) is 0 Å². The Bertz CT molecular complexity index is 799. The molecule has 140 valence electrons. The van der Waals surface area contributed by atoms with E-state index in [2.05, 4.69) is 0 Å². The quantitative estimate of drug-likeness (QED) is 0.312. The van der Waals surface area contributed by atoms with E-state index >= 15 is 0 Å². The summed E-state index contributed by atoms with van der Waals surface area (Å²) in [5.41, 5.74) is 0.0180. The molecule has 2 N–H and O–H groups in total. The number of carbonyl (C=O) groups is 1. The minimum absolute atomic E-state index is 0.0310. The third-order valence-electron chi connectivity index (χ3n) is 3.31. The van der Waals surface area contributed by atoms with Gasteiger partial charge in [0.05, 0.1) is 18.8 Å². The maximum atomic E-state index is 13.0. The lowest BCUT2D eigenvalue weighted by molar-refractivity contribution is -0.991. The number of carbonyl (C=O) groups excluding carboxylic acids is 1. The van der Waals surface area contributed by atoms with Crippen LogP contribution in [-0.4, -0.2) is 24.4 Å². The van der Waals surface area contributed by atoms with Gasteiger partial charge in [-0.1, -0.05) is 18.2 Å². The van der Waals surface area contributed by atoms with Crippen molar-refractivity contribution in [3.05, 3.63) is 59.3 Å². The Labute approximate surface area is 151 Å². The van der Waals surface area contributed by atoms with Crippen molar-refractivity contribution in [2.45, 2.75) is 13.8 Å². The summed E-state index contributed by atoms with van der Waals surface area (Å²) in [7, 11) is -3.65. The van der Waals surface area contributed by atoms with E-state index in [1.807, 2.05) is 0 Å². The number of nitrogens with one attached hydrogen (secondary N) is 1. The molecule has 0 heterocycles. The van der Waals surface area contributed by atoms with E-state index in [1.165, 1.54) is 36.4 Å². The fraction of sp³-hybridized carbons (Fsp3) is 0.235. The molecule has 0 saturated heterocycles. The molecule has 8 nitrogen and oxygen atoms in total. The zero-order valence-electron chi connectivity index (χ0n) is 14.4. The van der Waals surface area contributed by atoms with Crippen LogP contribution in [-0.2, 0) is 13.6 Å². The van der Waals surface area contributed by atoms with E-state index in [1.54, 1.807) is 26.0 Å². The van der Waals surface area contributed by atoms with Crippen molar-refractivity contribution in [3.8, 4) is 5.75 Å². The summed E-state index contributed by atoms with van der Waals surface area (Å²) in [4.78, 5) is 12.4. The Morgan fingerprint density at radius 2 is 1.77 bits per heavy atom. The zero-order chi connectivity index (χ0) is 19.2. The Balaban J connectivity index is 2.34. The van der Waals surface area contributed by atoms with Crippen LogP contribution in [0.25, 0.3) is 0 Å². The maximum Gasteiger partial charge on any atom is 0.365 e. The normalized spacial score (nSPS) is 12.6. The van der Waals surface area contributed by atoms with Crippen LogP contribution in [0.15, 0.2) is 48.5 Å². The largest absolute Gasteiger partial charge is 0.595 e. The van der Waals surface area contributed by atoms with Crippen molar-refractivity contribution >= 4 is 24.6 Å². The van der Waals surface area contributed by atoms with Crippen LogP contribution in [0.1, 0.15) is 24.2 Å². The van der Waals surface area contributed by atoms with Gasteiger partial charge in [0.1, 0.15) is 11.1 Å². The number of hydrogen-bond acceptors (Lipinski definition) is 7. The predicted molar refractivity (Wildman–Crippen MR) is 94.1 cm³/mol. The highest BCUT2D eigenvalue weighted by molar-refractivity contribution is 7.62. The summed E-state index contributed by atoms with van der Waals surface area (Å²) >= 11 is 0. The fourth-order valence-electron chi connectivity index (χ4n) is 2.22. The van der Waals surface area contributed by atoms with Crippen LogP contribution in [0.2, 0.25) is 0 Å². The highest BCUT2D eigenvalue weighted by atomic mass is 31.2. The van der Waals surface area contributed by atoms with Gasteiger partial charge < -0.3 is 19.0 Å². The van der Waals surface area contributed by atoms with Gasteiger partial charge in [0.15, 0.2) is 5.69 Å². The van der Waals surface area contributed by atoms with Crippen molar-refractivity contribution in [2.75, 3.05) is 13.2 Å². The number of quaternary nitrogens is 1. The first-order chi connectivity index (χ1) is 12.4. The van der Waals surface area contributed by atoms with Crippen LogP contribution in [0.5, 0.6) is 5.75 Å². The van der Waals surface area contributed by atoms with Gasteiger partial charge in [0.2, 0.25) is 0 Å². The summed E-state index contributed by atoms with van der Waals surface area (Å²) in [6.07, 6.45) is 0. The number of rotatable bonds is 8. The molecule has 9 heteroatoms. The molecular weight excluding hydrogens is 361 g/mol. The lowest BCUT2D eigenvalue weighted by Gasteiger charge is -2.19. The number of ether oxygens (including phenoxy) is 1. The van der Waals surface area contributed by atoms with E-state index in [9.17, 15) is 14.6 Å². The van der Waals surface area contributed by atoms with Crippen LogP contribution in [0, 0.1) is 5.21 Å².